The van der Waals surface area contributed by atoms with Crippen molar-refractivity contribution < 1.29 is 17.9 Å². The number of alkyl halides is 4. The van der Waals surface area contributed by atoms with E-state index in [9.17, 15) is 13.2 Å². The maximum Gasteiger partial charge on any atom is 0.573 e. The predicted molar refractivity (Wildman–Crippen MR) is 79.9 cm³/mol. The van der Waals surface area contributed by atoms with Crippen LogP contribution >= 0.6 is 15.9 Å². The Morgan fingerprint density at radius 3 is 1.76 bits per heavy atom. The summed E-state index contributed by atoms with van der Waals surface area (Å²) in [6, 6.07) is 14.2. The smallest absolute Gasteiger partial charge is 0.406 e. The lowest BCUT2D eigenvalue weighted by molar-refractivity contribution is -0.274. The van der Waals surface area contributed by atoms with Crippen molar-refractivity contribution in [3.63, 3.8) is 0 Å². The summed E-state index contributed by atoms with van der Waals surface area (Å²) in [6.45, 7) is 0. The van der Waals surface area contributed by atoms with Gasteiger partial charge >= 0.3 is 6.36 Å². The fourth-order valence-corrected chi connectivity index (χ4v) is 2.44. The highest BCUT2D eigenvalue weighted by molar-refractivity contribution is 9.09. The molecular weight excluding hydrogens is 345 g/mol. The second kappa shape index (κ2) is 6.98. The molecule has 0 amide bonds. The lowest BCUT2D eigenvalue weighted by Gasteiger charge is -2.09. The van der Waals surface area contributed by atoms with Gasteiger partial charge in [-0.05, 0) is 41.7 Å². The summed E-state index contributed by atoms with van der Waals surface area (Å²) < 4.78 is 40.0. The molecule has 0 aromatic heterocycles. The van der Waals surface area contributed by atoms with Gasteiger partial charge in [-0.15, -0.1) is 13.2 Å². The van der Waals surface area contributed by atoms with Gasteiger partial charge in [-0.25, -0.2) is 0 Å². The zero-order valence-corrected chi connectivity index (χ0v) is 12.7. The highest BCUT2D eigenvalue weighted by Gasteiger charge is 2.30. The number of rotatable bonds is 5. The lowest BCUT2D eigenvalue weighted by Crippen LogP contribution is -2.17. The van der Waals surface area contributed by atoms with Crippen LogP contribution in [0.2, 0.25) is 0 Å². The van der Waals surface area contributed by atoms with Crippen molar-refractivity contribution in [1.29, 1.82) is 0 Å². The van der Waals surface area contributed by atoms with Gasteiger partial charge in [0.05, 0.1) is 0 Å². The van der Waals surface area contributed by atoms with E-state index >= 15 is 0 Å². The van der Waals surface area contributed by atoms with Crippen LogP contribution in [-0.4, -0.2) is 11.7 Å². The monoisotopic (exact) mass is 358 g/mol. The standard InChI is InChI=1S/C16H14BrF3O/c17-10-9-12-1-3-13(4-2-12)11-14-5-7-15(8-6-14)21-16(18,19)20/h1-8H,9-11H2. The van der Waals surface area contributed by atoms with Gasteiger partial charge in [0.1, 0.15) is 5.75 Å². The van der Waals surface area contributed by atoms with Crippen LogP contribution in [0.1, 0.15) is 16.7 Å². The van der Waals surface area contributed by atoms with Crippen molar-refractivity contribution in [2.24, 2.45) is 0 Å². The fourth-order valence-electron chi connectivity index (χ4n) is 1.98. The summed E-state index contributed by atoms with van der Waals surface area (Å²) >= 11 is 3.39. The molecule has 0 aliphatic heterocycles. The fraction of sp³-hybridized carbons (Fsp3) is 0.250. The minimum absolute atomic E-state index is 0.195. The zero-order chi connectivity index (χ0) is 15.3. The first-order chi connectivity index (χ1) is 9.96. The minimum atomic E-state index is -4.65. The van der Waals surface area contributed by atoms with Crippen LogP contribution in [0.5, 0.6) is 5.75 Å². The Morgan fingerprint density at radius 2 is 1.29 bits per heavy atom. The van der Waals surface area contributed by atoms with Gasteiger partial charge in [-0.1, -0.05) is 52.3 Å². The third-order valence-electron chi connectivity index (χ3n) is 2.97. The molecule has 112 valence electrons. The van der Waals surface area contributed by atoms with Gasteiger partial charge in [0.15, 0.2) is 0 Å². The van der Waals surface area contributed by atoms with Crippen LogP contribution in [0.25, 0.3) is 0 Å². The van der Waals surface area contributed by atoms with Crippen LogP contribution in [-0.2, 0) is 12.8 Å². The van der Waals surface area contributed by atoms with Crippen molar-refractivity contribution in [3.8, 4) is 5.75 Å². The SMILES string of the molecule is FC(F)(F)Oc1ccc(Cc2ccc(CCBr)cc2)cc1. The average molecular weight is 359 g/mol. The van der Waals surface area contributed by atoms with E-state index in [1.54, 1.807) is 12.1 Å². The van der Waals surface area contributed by atoms with Crippen molar-refractivity contribution in [1.82, 2.24) is 0 Å². The maximum atomic E-state index is 12.1. The number of aryl methyl sites for hydroxylation is 1. The molecule has 2 aromatic carbocycles. The first-order valence-corrected chi connectivity index (χ1v) is 7.57. The molecule has 0 spiro atoms. The molecule has 0 fully saturated rings. The molecule has 0 aliphatic rings. The molecule has 0 unspecified atom stereocenters. The van der Waals surface area contributed by atoms with Crippen molar-refractivity contribution in [2.75, 3.05) is 5.33 Å². The van der Waals surface area contributed by atoms with E-state index in [4.69, 9.17) is 0 Å². The normalized spacial score (nSPS) is 11.4. The Bertz CT molecular complexity index is 562. The van der Waals surface area contributed by atoms with Crippen LogP contribution in [0, 0.1) is 0 Å². The Balaban J connectivity index is 1.99. The topological polar surface area (TPSA) is 9.23 Å². The molecule has 2 aromatic rings. The molecular formula is C16H14BrF3O. The van der Waals surface area contributed by atoms with Gasteiger partial charge in [0.25, 0.3) is 0 Å². The maximum absolute atomic E-state index is 12.1. The van der Waals surface area contributed by atoms with Gasteiger partial charge < -0.3 is 4.74 Å². The first-order valence-electron chi connectivity index (χ1n) is 6.45. The van der Waals surface area contributed by atoms with E-state index in [-0.39, 0.29) is 5.75 Å². The van der Waals surface area contributed by atoms with E-state index in [1.165, 1.54) is 17.7 Å². The number of hydrogen-bond donors (Lipinski definition) is 0. The first kappa shape index (κ1) is 15.9. The van der Waals surface area contributed by atoms with Crippen LogP contribution < -0.4 is 4.74 Å². The van der Waals surface area contributed by atoms with Gasteiger partial charge in [0, 0.05) is 5.33 Å². The predicted octanol–water partition coefficient (Wildman–Crippen LogP) is 5.11. The molecule has 0 radical (unpaired) electrons. The van der Waals surface area contributed by atoms with Crippen LogP contribution in [0.4, 0.5) is 13.2 Å². The molecule has 2 rings (SSSR count). The molecule has 0 bridgehead atoms. The summed E-state index contributed by atoms with van der Waals surface area (Å²) in [6.07, 6.45) is -2.99. The lowest BCUT2D eigenvalue weighted by atomic mass is 10.0. The summed E-state index contributed by atoms with van der Waals surface area (Å²) in [5, 5.41) is 0.924. The molecule has 0 saturated heterocycles. The quantitative estimate of drug-likeness (QED) is 0.674. The number of hydrogen-bond acceptors (Lipinski definition) is 1. The molecule has 0 heterocycles. The third kappa shape index (κ3) is 5.42. The number of benzene rings is 2. The number of ether oxygens (including phenoxy) is 1. The Labute approximate surface area is 129 Å². The molecule has 5 heteroatoms. The third-order valence-corrected chi connectivity index (χ3v) is 3.37. The van der Waals surface area contributed by atoms with Gasteiger partial charge in [-0.2, -0.15) is 0 Å². The largest absolute Gasteiger partial charge is 0.573 e. The molecule has 0 saturated carbocycles. The summed E-state index contributed by atoms with van der Waals surface area (Å²) in [4.78, 5) is 0. The van der Waals surface area contributed by atoms with Crippen molar-refractivity contribution >= 4 is 15.9 Å². The zero-order valence-electron chi connectivity index (χ0n) is 11.2. The highest BCUT2D eigenvalue weighted by atomic mass is 79.9. The second-order valence-corrected chi connectivity index (χ2v) is 5.42. The Hall–Kier alpha value is -1.49. The molecule has 0 aliphatic carbocycles. The number of halogens is 4. The summed E-state index contributed by atoms with van der Waals surface area (Å²) in [7, 11) is 0. The molecule has 0 atom stereocenters. The average Bonchev–Trinajstić information content (AvgIpc) is 2.42. The molecule has 21 heavy (non-hydrogen) atoms. The Morgan fingerprint density at radius 1 is 0.810 bits per heavy atom. The van der Waals surface area contributed by atoms with Crippen LogP contribution in [0.3, 0.4) is 0 Å². The van der Waals surface area contributed by atoms with Crippen molar-refractivity contribution in [2.45, 2.75) is 19.2 Å². The van der Waals surface area contributed by atoms with Crippen molar-refractivity contribution in [3.05, 3.63) is 65.2 Å². The Kier molecular flexibility index (Phi) is 5.28. The van der Waals surface area contributed by atoms with E-state index < -0.39 is 6.36 Å². The van der Waals surface area contributed by atoms with E-state index in [2.05, 4.69) is 32.8 Å². The van der Waals surface area contributed by atoms with Gasteiger partial charge in [0.2, 0.25) is 0 Å². The highest BCUT2D eigenvalue weighted by Crippen LogP contribution is 2.23. The summed E-state index contributed by atoms with van der Waals surface area (Å²) in [5.41, 5.74) is 3.32. The van der Waals surface area contributed by atoms with Gasteiger partial charge in [-0.3, -0.25) is 0 Å². The van der Waals surface area contributed by atoms with E-state index in [0.29, 0.717) is 6.42 Å². The second-order valence-electron chi connectivity index (χ2n) is 4.62. The molecule has 1 nitrogen and oxygen atoms in total. The van der Waals surface area contributed by atoms with Crippen LogP contribution in [0.15, 0.2) is 48.5 Å². The van der Waals surface area contributed by atoms with E-state index in [1.807, 2.05) is 12.1 Å². The van der Waals surface area contributed by atoms with E-state index in [0.717, 1.165) is 22.9 Å². The molecule has 0 N–H and O–H groups in total. The summed E-state index contributed by atoms with van der Waals surface area (Å²) in [5.74, 6) is -0.195. The minimum Gasteiger partial charge on any atom is -0.406 e.